The minimum absolute atomic E-state index is 0.205. The molecule has 1 aliphatic carbocycles. The SMILES string of the molecule is Cn1c(=O)n(C2CCC(=O)NC2=O)c2ccc([C@H]3CC[C@H](N4CCNCC4)CC3)cc21. The molecule has 8 nitrogen and oxygen atoms in total. The van der Waals surface area contributed by atoms with Crippen LogP contribution in [0.3, 0.4) is 0 Å². The highest BCUT2D eigenvalue weighted by Gasteiger charge is 2.32. The second kappa shape index (κ2) is 8.24. The summed E-state index contributed by atoms with van der Waals surface area (Å²) in [5, 5.41) is 5.80. The Kier molecular flexibility index (Phi) is 5.44. The molecule has 2 aromatic rings. The van der Waals surface area contributed by atoms with E-state index in [1.165, 1.54) is 31.2 Å². The number of nitrogens with zero attached hydrogens (tertiary/aromatic N) is 3. The Hall–Kier alpha value is -2.45. The van der Waals surface area contributed by atoms with E-state index >= 15 is 0 Å². The number of fused-ring (bicyclic) bond motifs is 1. The van der Waals surface area contributed by atoms with Crippen molar-refractivity contribution in [2.45, 2.75) is 56.5 Å². The normalized spacial score (nSPS) is 28.1. The van der Waals surface area contributed by atoms with E-state index in [9.17, 15) is 14.4 Å². The molecule has 0 spiro atoms. The number of benzene rings is 1. The van der Waals surface area contributed by atoms with Gasteiger partial charge in [0.2, 0.25) is 11.8 Å². The number of piperidine rings is 1. The molecule has 5 rings (SSSR count). The van der Waals surface area contributed by atoms with Gasteiger partial charge in [0, 0.05) is 45.7 Å². The Morgan fingerprint density at radius 1 is 0.935 bits per heavy atom. The second-order valence-corrected chi connectivity index (χ2v) is 9.22. The molecule has 2 N–H and O–H groups in total. The van der Waals surface area contributed by atoms with E-state index in [1.807, 2.05) is 6.07 Å². The Balaban J connectivity index is 1.37. The molecule has 2 aliphatic heterocycles. The predicted octanol–water partition coefficient (Wildman–Crippen LogP) is 1.25. The van der Waals surface area contributed by atoms with E-state index in [4.69, 9.17) is 0 Å². The van der Waals surface area contributed by atoms with Crippen LogP contribution in [-0.2, 0) is 16.6 Å². The topological polar surface area (TPSA) is 88.4 Å². The van der Waals surface area contributed by atoms with Crippen LogP contribution in [0, 0.1) is 0 Å². The van der Waals surface area contributed by atoms with Gasteiger partial charge < -0.3 is 5.32 Å². The van der Waals surface area contributed by atoms with Crippen LogP contribution < -0.4 is 16.3 Å². The molecule has 1 saturated carbocycles. The lowest BCUT2D eigenvalue weighted by atomic mass is 9.81. The Bertz CT molecular complexity index is 1060. The van der Waals surface area contributed by atoms with Crippen LogP contribution in [0.5, 0.6) is 0 Å². The summed E-state index contributed by atoms with van der Waals surface area (Å²) in [5.74, 6) is -0.146. The van der Waals surface area contributed by atoms with Crippen molar-refractivity contribution in [2.24, 2.45) is 7.05 Å². The fourth-order valence-corrected chi connectivity index (χ4v) is 5.69. The first kappa shape index (κ1) is 20.5. The fourth-order valence-electron chi connectivity index (χ4n) is 5.69. The fraction of sp³-hybridized carbons (Fsp3) is 0.609. The molecule has 2 amide bonds. The number of imide groups is 1. The van der Waals surface area contributed by atoms with Crippen molar-refractivity contribution in [3.05, 3.63) is 34.2 Å². The summed E-state index contributed by atoms with van der Waals surface area (Å²) in [7, 11) is 1.76. The van der Waals surface area contributed by atoms with Crippen molar-refractivity contribution >= 4 is 22.8 Å². The summed E-state index contributed by atoms with van der Waals surface area (Å²) in [6.07, 6.45) is 5.40. The molecule has 8 heteroatoms. The zero-order valence-corrected chi connectivity index (χ0v) is 18.1. The van der Waals surface area contributed by atoms with Gasteiger partial charge in [0.1, 0.15) is 6.04 Å². The van der Waals surface area contributed by atoms with Crippen molar-refractivity contribution in [1.29, 1.82) is 0 Å². The van der Waals surface area contributed by atoms with E-state index in [2.05, 4.69) is 27.7 Å². The zero-order valence-electron chi connectivity index (χ0n) is 18.1. The van der Waals surface area contributed by atoms with E-state index < -0.39 is 6.04 Å². The minimum Gasteiger partial charge on any atom is -0.314 e. The summed E-state index contributed by atoms with van der Waals surface area (Å²) in [5.41, 5.74) is 2.70. The predicted molar refractivity (Wildman–Crippen MR) is 118 cm³/mol. The van der Waals surface area contributed by atoms with Crippen LogP contribution >= 0.6 is 0 Å². The van der Waals surface area contributed by atoms with E-state index in [0.717, 1.165) is 37.2 Å². The number of piperazine rings is 1. The second-order valence-electron chi connectivity index (χ2n) is 9.22. The first-order chi connectivity index (χ1) is 15.0. The van der Waals surface area contributed by atoms with Crippen LogP contribution in [-0.4, -0.2) is 58.1 Å². The number of rotatable bonds is 3. The molecule has 1 aromatic carbocycles. The van der Waals surface area contributed by atoms with Crippen LogP contribution in [0.2, 0.25) is 0 Å². The molecule has 1 aromatic heterocycles. The van der Waals surface area contributed by atoms with Crippen LogP contribution in [0.25, 0.3) is 11.0 Å². The van der Waals surface area contributed by atoms with Gasteiger partial charge in [0.05, 0.1) is 11.0 Å². The highest BCUT2D eigenvalue weighted by Crippen LogP contribution is 2.36. The monoisotopic (exact) mass is 425 g/mol. The lowest BCUT2D eigenvalue weighted by Gasteiger charge is -2.39. The molecule has 166 valence electrons. The van der Waals surface area contributed by atoms with Gasteiger partial charge in [-0.2, -0.15) is 0 Å². The van der Waals surface area contributed by atoms with Gasteiger partial charge >= 0.3 is 5.69 Å². The smallest absolute Gasteiger partial charge is 0.314 e. The third-order valence-electron chi connectivity index (χ3n) is 7.47. The van der Waals surface area contributed by atoms with Gasteiger partial charge in [-0.05, 0) is 55.7 Å². The van der Waals surface area contributed by atoms with Crippen molar-refractivity contribution in [3.63, 3.8) is 0 Å². The number of imidazole rings is 1. The lowest BCUT2D eigenvalue weighted by molar-refractivity contribution is -0.135. The third-order valence-corrected chi connectivity index (χ3v) is 7.47. The molecule has 3 fully saturated rings. The average molecular weight is 426 g/mol. The van der Waals surface area contributed by atoms with Crippen molar-refractivity contribution in [3.8, 4) is 0 Å². The first-order valence-corrected chi connectivity index (χ1v) is 11.5. The summed E-state index contributed by atoms with van der Waals surface area (Å²) in [4.78, 5) is 39.5. The van der Waals surface area contributed by atoms with E-state index in [0.29, 0.717) is 18.4 Å². The molecule has 31 heavy (non-hydrogen) atoms. The highest BCUT2D eigenvalue weighted by atomic mass is 16.2. The van der Waals surface area contributed by atoms with E-state index in [-0.39, 0.29) is 23.9 Å². The maximum absolute atomic E-state index is 13.0. The van der Waals surface area contributed by atoms with Gasteiger partial charge in [0.15, 0.2) is 0 Å². The number of aromatic nitrogens is 2. The molecule has 1 unspecified atom stereocenters. The van der Waals surface area contributed by atoms with Crippen LogP contribution in [0.4, 0.5) is 0 Å². The maximum Gasteiger partial charge on any atom is 0.329 e. The minimum atomic E-state index is -0.630. The van der Waals surface area contributed by atoms with Crippen molar-refractivity contribution < 1.29 is 9.59 Å². The van der Waals surface area contributed by atoms with Gasteiger partial charge in [-0.25, -0.2) is 4.79 Å². The van der Waals surface area contributed by atoms with E-state index in [1.54, 1.807) is 16.2 Å². The lowest BCUT2D eigenvalue weighted by Crippen LogP contribution is -2.49. The molecule has 2 saturated heterocycles. The maximum atomic E-state index is 13.0. The number of carbonyl (C=O) groups is 2. The van der Waals surface area contributed by atoms with Crippen LogP contribution in [0.1, 0.15) is 56.0 Å². The number of carbonyl (C=O) groups excluding carboxylic acids is 2. The zero-order chi connectivity index (χ0) is 21.5. The van der Waals surface area contributed by atoms with Crippen molar-refractivity contribution in [2.75, 3.05) is 26.2 Å². The number of hydrogen-bond donors (Lipinski definition) is 2. The number of amides is 2. The third kappa shape index (κ3) is 3.72. The molecule has 1 atom stereocenters. The van der Waals surface area contributed by atoms with Crippen LogP contribution in [0.15, 0.2) is 23.0 Å². The summed E-state index contributed by atoms with van der Waals surface area (Å²) in [6, 6.07) is 6.31. The summed E-state index contributed by atoms with van der Waals surface area (Å²) >= 11 is 0. The molecule has 0 radical (unpaired) electrons. The summed E-state index contributed by atoms with van der Waals surface area (Å²) < 4.78 is 3.19. The summed E-state index contributed by atoms with van der Waals surface area (Å²) in [6.45, 7) is 4.48. The average Bonchev–Trinajstić information content (AvgIpc) is 3.04. The quantitative estimate of drug-likeness (QED) is 0.723. The Labute approximate surface area is 181 Å². The van der Waals surface area contributed by atoms with Gasteiger partial charge in [-0.3, -0.25) is 28.9 Å². The Morgan fingerprint density at radius 3 is 2.39 bits per heavy atom. The molecular weight excluding hydrogens is 394 g/mol. The number of aryl methyl sites for hydroxylation is 1. The molecule has 3 aliphatic rings. The number of nitrogens with one attached hydrogen (secondary N) is 2. The highest BCUT2D eigenvalue weighted by molar-refractivity contribution is 6.00. The van der Waals surface area contributed by atoms with Crippen molar-refractivity contribution in [1.82, 2.24) is 24.7 Å². The Morgan fingerprint density at radius 2 is 1.68 bits per heavy atom. The first-order valence-electron chi connectivity index (χ1n) is 11.5. The standard InChI is InChI=1S/C23H31N5O3/c1-26-20-14-16(15-2-5-17(6-3-15)27-12-10-24-11-13-27)4-7-18(20)28(23(26)31)19-8-9-21(29)25-22(19)30/h4,7,14-15,17,19,24H,2-3,5-6,8-13H2,1H3,(H,25,29,30)/t15-,17-,19?. The molecule has 3 heterocycles. The van der Waals surface area contributed by atoms with Gasteiger partial charge in [-0.15, -0.1) is 0 Å². The number of hydrogen-bond acceptors (Lipinski definition) is 5. The molecule has 0 bridgehead atoms. The largest absolute Gasteiger partial charge is 0.329 e. The van der Waals surface area contributed by atoms with Gasteiger partial charge in [-0.1, -0.05) is 6.07 Å². The van der Waals surface area contributed by atoms with Gasteiger partial charge in [0.25, 0.3) is 0 Å². The molecular formula is C23H31N5O3.